The van der Waals surface area contributed by atoms with E-state index in [1.54, 1.807) is 18.6 Å². The molecule has 16 heavy (non-hydrogen) atoms. The molecule has 2 rings (SSSR count). The molecule has 2 N–H and O–H groups in total. The average Bonchev–Trinajstić information content (AvgIpc) is 2.73. The van der Waals surface area contributed by atoms with E-state index < -0.39 is 0 Å². The van der Waals surface area contributed by atoms with Gasteiger partial charge in [0.15, 0.2) is 0 Å². The third-order valence-corrected chi connectivity index (χ3v) is 3.33. The Labute approximate surface area is 96.1 Å². The molecule has 1 aliphatic carbocycles. The lowest BCUT2D eigenvalue weighted by Gasteiger charge is -2.18. The predicted octanol–water partition coefficient (Wildman–Crippen LogP) is 1.29. The predicted molar refractivity (Wildman–Crippen MR) is 61.8 cm³/mol. The summed E-state index contributed by atoms with van der Waals surface area (Å²) in [5.74, 6) is 0.402. The fourth-order valence-electron chi connectivity index (χ4n) is 2.22. The van der Waals surface area contributed by atoms with Crippen LogP contribution in [0.4, 0.5) is 0 Å². The molecule has 0 aromatic carbocycles. The van der Waals surface area contributed by atoms with Gasteiger partial charge in [-0.05, 0) is 25.7 Å². The molecule has 0 bridgehead atoms. The number of hydrogen-bond donors (Lipinski definition) is 2. The van der Waals surface area contributed by atoms with E-state index in [1.165, 1.54) is 0 Å². The lowest BCUT2D eigenvalue weighted by Crippen LogP contribution is -2.30. The van der Waals surface area contributed by atoms with Crippen LogP contribution in [0.2, 0.25) is 0 Å². The molecule has 3 unspecified atom stereocenters. The Morgan fingerprint density at radius 1 is 1.50 bits per heavy atom. The molecule has 0 radical (unpaired) electrons. The average molecular weight is 221 g/mol. The monoisotopic (exact) mass is 221 g/mol. The van der Waals surface area contributed by atoms with Crippen molar-refractivity contribution in [1.82, 2.24) is 15.3 Å². The van der Waals surface area contributed by atoms with Gasteiger partial charge in [-0.3, -0.25) is 9.97 Å². The number of aromatic nitrogens is 2. The molecule has 1 aromatic heterocycles. The van der Waals surface area contributed by atoms with E-state index in [-0.39, 0.29) is 12.1 Å². The fraction of sp³-hybridized carbons (Fsp3) is 0.667. The highest BCUT2D eigenvalue weighted by atomic mass is 16.3. The summed E-state index contributed by atoms with van der Waals surface area (Å²) < 4.78 is 0. The minimum atomic E-state index is -0.124. The molecule has 88 valence electrons. The first-order valence-corrected chi connectivity index (χ1v) is 5.94. The maximum absolute atomic E-state index is 9.70. The van der Waals surface area contributed by atoms with Crippen molar-refractivity contribution in [3.05, 3.63) is 24.3 Å². The zero-order chi connectivity index (χ0) is 11.4. The first-order chi connectivity index (χ1) is 7.77. The summed E-state index contributed by atoms with van der Waals surface area (Å²) in [4.78, 5) is 8.30. The van der Waals surface area contributed by atoms with E-state index in [1.807, 2.05) is 0 Å². The molecule has 0 amide bonds. The third kappa shape index (κ3) is 2.77. The largest absolute Gasteiger partial charge is 0.393 e. The summed E-state index contributed by atoms with van der Waals surface area (Å²) in [6.07, 6.45) is 8.26. The first-order valence-electron chi connectivity index (χ1n) is 5.94. The zero-order valence-electron chi connectivity index (χ0n) is 9.63. The standard InChI is InChI=1S/C12H19N3O/c1-9(11-8-13-5-6-14-11)15-7-10-3-2-4-12(10)16/h5-6,8-10,12,15-16H,2-4,7H2,1H3. The summed E-state index contributed by atoms with van der Waals surface area (Å²) in [5.41, 5.74) is 0.954. The number of aliphatic hydroxyl groups excluding tert-OH is 1. The first kappa shape index (κ1) is 11.5. The van der Waals surface area contributed by atoms with Crippen LogP contribution in [0.1, 0.15) is 37.9 Å². The van der Waals surface area contributed by atoms with Gasteiger partial charge in [0, 0.05) is 31.2 Å². The van der Waals surface area contributed by atoms with Gasteiger partial charge in [-0.1, -0.05) is 6.42 Å². The summed E-state index contributed by atoms with van der Waals surface area (Å²) in [6.45, 7) is 2.93. The van der Waals surface area contributed by atoms with E-state index in [9.17, 15) is 5.11 Å². The number of rotatable bonds is 4. The van der Waals surface area contributed by atoms with E-state index in [0.29, 0.717) is 5.92 Å². The highest BCUT2D eigenvalue weighted by molar-refractivity contribution is 5.00. The maximum atomic E-state index is 9.70. The molecule has 0 spiro atoms. The van der Waals surface area contributed by atoms with E-state index in [4.69, 9.17) is 0 Å². The molecule has 4 nitrogen and oxygen atoms in total. The van der Waals surface area contributed by atoms with Crippen molar-refractivity contribution < 1.29 is 5.11 Å². The van der Waals surface area contributed by atoms with E-state index in [0.717, 1.165) is 31.5 Å². The molecule has 1 aromatic rings. The van der Waals surface area contributed by atoms with Gasteiger partial charge in [-0.25, -0.2) is 0 Å². The molecular weight excluding hydrogens is 202 g/mol. The minimum Gasteiger partial charge on any atom is -0.393 e. The highest BCUT2D eigenvalue weighted by Crippen LogP contribution is 2.25. The molecule has 1 heterocycles. The van der Waals surface area contributed by atoms with Gasteiger partial charge in [-0.15, -0.1) is 0 Å². The van der Waals surface area contributed by atoms with Gasteiger partial charge in [-0.2, -0.15) is 0 Å². The number of hydrogen-bond acceptors (Lipinski definition) is 4. The number of nitrogens with one attached hydrogen (secondary N) is 1. The van der Waals surface area contributed by atoms with Crippen LogP contribution in [-0.4, -0.2) is 27.7 Å². The Balaban J connectivity index is 1.82. The Morgan fingerprint density at radius 3 is 3.00 bits per heavy atom. The van der Waals surface area contributed by atoms with Gasteiger partial charge in [0.2, 0.25) is 0 Å². The molecule has 0 aliphatic heterocycles. The van der Waals surface area contributed by atoms with Crippen molar-refractivity contribution in [1.29, 1.82) is 0 Å². The van der Waals surface area contributed by atoms with Crippen LogP contribution in [0.25, 0.3) is 0 Å². The van der Waals surface area contributed by atoms with Gasteiger partial charge in [0.25, 0.3) is 0 Å². The summed E-state index contributed by atoms with van der Waals surface area (Å²) in [7, 11) is 0. The molecule has 1 fully saturated rings. The topological polar surface area (TPSA) is 58.0 Å². The van der Waals surface area contributed by atoms with Crippen molar-refractivity contribution in [2.45, 2.75) is 38.3 Å². The summed E-state index contributed by atoms with van der Waals surface area (Å²) in [6, 6.07) is 0.196. The second-order valence-electron chi connectivity index (χ2n) is 4.52. The Kier molecular flexibility index (Phi) is 3.85. The minimum absolute atomic E-state index is 0.124. The van der Waals surface area contributed by atoms with Gasteiger partial charge < -0.3 is 10.4 Å². The van der Waals surface area contributed by atoms with Crippen molar-refractivity contribution in [3.8, 4) is 0 Å². The normalized spacial score (nSPS) is 26.9. The third-order valence-electron chi connectivity index (χ3n) is 3.33. The van der Waals surface area contributed by atoms with E-state index >= 15 is 0 Å². The van der Waals surface area contributed by atoms with Gasteiger partial charge in [0.05, 0.1) is 11.8 Å². The molecule has 0 saturated heterocycles. The molecule has 3 atom stereocenters. The second-order valence-corrected chi connectivity index (χ2v) is 4.52. The zero-order valence-corrected chi connectivity index (χ0v) is 9.63. The Morgan fingerprint density at radius 2 is 2.38 bits per heavy atom. The summed E-state index contributed by atoms with van der Waals surface area (Å²) in [5, 5.41) is 13.1. The van der Waals surface area contributed by atoms with Crippen molar-refractivity contribution in [3.63, 3.8) is 0 Å². The van der Waals surface area contributed by atoms with Crippen LogP contribution in [-0.2, 0) is 0 Å². The van der Waals surface area contributed by atoms with Crippen LogP contribution in [0, 0.1) is 5.92 Å². The SMILES string of the molecule is CC(NCC1CCCC1O)c1cnccn1. The smallest absolute Gasteiger partial charge is 0.0753 e. The second kappa shape index (κ2) is 5.37. The lowest BCUT2D eigenvalue weighted by molar-refractivity contribution is 0.130. The van der Waals surface area contributed by atoms with Crippen LogP contribution >= 0.6 is 0 Å². The maximum Gasteiger partial charge on any atom is 0.0753 e. The van der Waals surface area contributed by atoms with Gasteiger partial charge in [0.1, 0.15) is 0 Å². The Bertz CT molecular complexity index is 317. The molecule has 4 heteroatoms. The van der Waals surface area contributed by atoms with Crippen molar-refractivity contribution in [2.75, 3.05) is 6.54 Å². The molecular formula is C12H19N3O. The fourth-order valence-corrected chi connectivity index (χ4v) is 2.22. The van der Waals surface area contributed by atoms with Crippen molar-refractivity contribution in [2.24, 2.45) is 5.92 Å². The van der Waals surface area contributed by atoms with E-state index in [2.05, 4.69) is 22.2 Å². The van der Waals surface area contributed by atoms with Crippen molar-refractivity contribution >= 4 is 0 Å². The van der Waals surface area contributed by atoms with Crippen LogP contribution in [0.15, 0.2) is 18.6 Å². The Hall–Kier alpha value is -1.00. The van der Waals surface area contributed by atoms with Crippen LogP contribution < -0.4 is 5.32 Å². The van der Waals surface area contributed by atoms with Gasteiger partial charge >= 0.3 is 0 Å². The van der Waals surface area contributed by atoms with Crippen LogP contribution in [0.3, 0.4) is 0 Å². The highest BCUT2D eigenvalue weighted by Gasteiger charge is 2.25. The van der Waals surface area contributed by atoms with Crippen LogP contribution in [0.5, 0.6) is 0 Å². The molecule has 1 aliphatic rings. The quantitative estimate of drug-likeness (QED) is 0.804. The molecule has 1 saturated carbocycles. The lowest BCUT2D eigenvalue weighted by atomic mass is 10.1. The summed E-state index contributed by atoms with van der Waals surface area (Å²) >= 11 is 0. The number of nitrogens with zero attached hydrogens (tertiary/aromatic N) is 2. The number of aliphatic hydroxyl groups is 1.